The van der Waals surface area contributed by atoms with Crippen molar-refractivity contribution in [3.63, 3.8) is 0 Å². The largest absolute Gasteiger partial charge is 0.370 e. The fourth-order valence-corrected chi connectivity index (χ4v) is 1.97. The normalized spacial score (nSPS) is 10.2. The Morgan fingerprint density at radius 3 is 2.86 bits per heavy atom. The van der Waals surface area contributed by atoms with Gasteiger partial charge in [-0.05, 0) is 24.5 Å². The van der Waals surface area contributed by atoms with Gasteiger partial charge in [0, 0.05) is 19.6 Å². The number of carbonyl (C=O) groups excluding carboxylic acids is 1. The molecular formula is C16H24N4O. The molecular weight excluding hydrogens is 264 g/mol. The van der Waals surface area contributed by atoms with Crippen LogP contribution in [0.15, 0.2) is 18.2 Å². The molecule has 0 fully saturated rings. The molecule has 0 atom stereocenters. The van der Waals surface area contributed by atoms with Crippen LogP contribution in [-0.2, 0) is 0 Å². The Balaban J connectivity index is 2.84. The van der Waals surface area contributed by atoms with E-state index < -0.39 is 0 Å². The summed E-state index contributed by atoms with van der Waals surface area (Å²) in [6.45, 7) is 8.10. The summed E-state index contributed by atoms with van der Waals surface area (Å²) in [4.78, 5) is 18.6. The molecule has 5 nitrogen and oxygen atoms in total. The topological polar surface area (TPSA) is 69.0 Å². The van der Waals surface area contributed by atoms with Crippen molar-refractivity contribution >= 4 is 11.7 Å². The Morgan fingerprint density at radius 1 is 1.48 bits per heavy atom. The average Bonchev–Trinajstić information content (AvgIpc) is 2.48. The average molecular weight is 288 g/mol. The quantitative estimate of drug-likeness (QED) is 0.798. The van der Waals surface area contributed by atoms with Crippen LogP contribution in [0.4, 0.5) is 5.82 Å². The molecule has 0 aromatic carbocycles. The van der Waals surface area contributed by atoms with Crippen molar-refractivity contribution in [2.24, 2.45) is 5.92 Å². The van der Waals surface area contributed by atoms with E-state index in [9.17, 15) is 4.79 Å². The van der Waals surface area contributed by atoms with E-state index in [1.807, 2.05) is 12.1 Å². The maximum atomic E-state index is 12.5. The summed E-state index contributed by atoms with van der Waals surface area (Å²) in [7, 11) is 0. The number of nitriles is 1. The molecule has 0 radical (unpaired) electrons. The minimum Gasteiger partial charge on any atom is -0.370 e. The summed E-state index contributed by atoms with van der Waals surface area (Å²) in [5, 5.41) is 11.9. The van der Waals surface area contributed by atoms with Crippen molar-refractivity contribution in [3.05, 3.63) is 23.9 Å². The smallest absolute Gasteiger partial charge is 0.272 e. The van der Waals surface area contributed by atoms with Gasteiger partial charge in [-0.25, -0.2) is 4.98 Å². The first kappa shape index (κ1) is 17.0. The minimum absolute atomic E-state index is 0.112. The lowest BCUT2D eigenvalue weighted by Crippen LogP contribution is -2.35. The number of nitrogens with zero attached hydrogens (tertiary/aromatic N) is 3. The molecule has 1 heterocycles. The molecule has 0 saturated heterocycles. The molecule has 1 N–H and O–H groups in total. The molecule has 0 aliphatic rings. The summed E-state index contributed by atoms with van der Waals surface area (Å²) >= 11 is 0. The van der Waals surface area contributed by atoms with Gasteiger partial charge in [0.25, 0.3) is 5.91 Å². The first-order valence-electron chi connectivity index (χ1n) is 7.45. The Kier molecular flexibility index (Phi) is 7.24. The third kappa shape index (κ3) is 5.82. The Hall–Kier alpha value is -2.09. The lowest BCUT2D eigenvalue weighted by Gasteiger charge is -2.23. The predicted molar refractivity (Wildman–Crippen MR) is 84.0 cm³/mol. The van der Waals surface area contributed by atoms with E-state index in [0.717, 1.165) is 13.0 Å². The molecule has 5 heteroatoms. The van der Waals surface area contributed by atoms with Crippen LogP contribution in [-0.4, -0.2) is 35.4 Å². The molecule has 114 valence electrons. The third-order valence-electron chi connectivity index (χ3n) is 2.89. The van der Waals surface area contributed by atoms with E-state index in [-0.39, 0.29) is 5.91 Å². The molecule has 0 spiro atoms. The number of aromatic nitrogens is 1. The maximum absolute atomic E-state index is 12.5. The first-order valence-corrected chi connectivity index (χ1v) is 7.45. The van der Waals surface area contributed by atoms with Crippen LogP contribution in [0, 0.1) is 17.2 Å². The van der Waals surface area contributed by atoms with Crippen molar-refractivity contribution in [2.75, 3.05) is 25.0 Å². The maximum Gasteiger partial charge on any atom is 0.272 e. The van der Waals surface area contributed by atoms with Gasteiger partial charge in [-0.1, -0.05) is 26.8 Å². The monoisotopic (exact) mass is 288 g/mol. The van der Waals surface area contributed by atoms with Crippen molar-refractivity contribution in [3.8, 4) is 6.07 Å². The molecule has 0 bridgehead atoms. The van der Waals surface area contributed by atoms with E-state index >= 15 is 0 Å². The second kappa shape index (κ2) is 8.96. The molecule has 0 aliphatic carbocycles. The molecule has 0 saturated carbocycles. The zero-order valence-electron chi connectivity index (χ0n) is 13.1. The van der Waals surface area contributed by atoms with Crippen LogP contribution >= 0.6 is 0 Å². The fraction of sp³-hybridized carbons (Fsp3) is 0.562. The Labute approximate surface area is 127 Å². The highest BCUT2D eigenvalue weighted by molar-refractivity contribution is 5.92. The second-order valence-electron chi connectivity index (χ2n) is 5.39. The van der Waals surface area contributed by atoms with Gasteiger partial charge in [0.1, 0.15) is 11.5 Å². The summed E-state index contributed by atoms with van der Waals surface area (Å²) < 4.78 is 0. The van der Waals surface area contributed by atoms with E-state index in [4.69, 9.17) is 5.26 Å². The van der Waals surface area contributed by atoms with Crippen molar-refractivity contribution in [1.29, 1.82) is 5.26 Å². The second-order valence-corrected chi connectivity index (χ2v) is 5.39. The van der Waals surface area contributed by atoms with Crippen LogP contribution in [0.3, 0.4) is 0 Å². The van der Waals surface area contributed by atoms with Gasteiger partial charge in [0.2, 0.25) is 0 Å². The van der Waals surface area contributed by atoms with E-state index in [1.54, 1.807) is 11.0 Å². The van der Waals surface area contributed by atoms with Crippen LogP contribution in [0.25, 0.3) is 0 Å². The number of anilines is 1. The van der Waals surface area contributed by atoms with Gasteiger partial charge in [-0.3, -0.25) is 4.79 Å². The first-order chi connectivity index (χ1) is 10.1. The number of amides is 1. The van der Waals surface area contributed by atoms with Crippen LogP contribution in [0.1, 0.15) is 44.1 Å². The highest BCUT2D eigenvalue weighted by atomic mass is 16.2. The molecule has 21 heavy (non-hydrogen) atoms. The van der Waals surface area contributed by atoms with Gasteiger partial charge in [0.05, 0.1) is 12.5 Å². The van der Waals surface area contributed by atoms with Crippen LogP contribution in [0.5, 0.6) is 0 Å². The Bertz CT molecular complexity index is 493. The lowest BCUT2D eigenvalue weighted by molar-refractivity contribution is 0.0734. The molecule has 1 amide bonds. The van der Waals surface area contributed by atoms with Crippen LogP contribution < -0.4 is 5.32 Å². The SMILES string of the molecule is CCCNc1cccc(C(=O)N(CCC#N)CC(C)C)n1. The lowest BCUT2D eigenvalue weighted by atomic mass is 10.2. The molecule has 0 unspecified atom stereocenters. The molecule has 1 aromatic heterocycles. The zero-order valence-corrected chi connectivity index (χ0v) is 13.1. The van der Waals surface area contributed by atoms with Gasteiger partial charge in [-0.2, -0.15) is 5.26 Å². The number of hydrogen-bond acceptors (Lipinski definition) is 4. The Morgan fingerprint density at radius 2 is 2.24 bits per heavy atom. The molecule has 0 aliphatic heterocycles. The van der Waals surface area contributed by atoms with Gasteiger partial charge in [-0.15, -0.1) is 0 Å². The zero-order chi connectivity index (χ0) is 15.7. The number of carbonyl (C=O) groups is 1. The predicted octanol–water partition coefficient (Wildman–Crippen LogP) is 2.92. The number of hydrogen-bond donors (Lipinski definition) is 1. The standard InChI is InChI=1S/C16H24N4O/c1-4-10-18-15-8-5-7-14(19-15)16(21)20(11-6-9-17)12-13(2)3/h5,7-8,13H,4,6,10-12H2,1-3H3,(H,18,19). The molecule has 1 aromatic rings. The summed E-state index contributed by atoms with van der Waals surface area (Å²) in [5.41, 5.74) is 0.426. The third-order valence-corrected chi connectivity index (χ3v) is 2.89. The van der Waals surface area contributed by atoms with Gasteiger partial charge in [0.15, 0.2) is 0 Å². The van der Waals surface area contributed by atoms with Gasteiger partial charge < -0.3 is 10.2 Å². The van der Waals surface area contributed by atoms with E-state index in [2.05, 4.69) is 37.1 Å². The summed E-state index contributed by atoms with van der Waals surface area (Å²) in [6, 6.07) is 7.50. The van der Waals surface area contributed by atoms with Gasteiger partial charge >= 0.3 is 0 Å². The van der Waals surface area contributed by atoms with E-state index in [0.29, 0.717) is 36.9 Å². The summed E-state index contributed by atoms with van der Waals surface area (Å²) in [5.74, 6) is 0.959. The highest BCUT2D eigenvalue weighted by Crippen LogP contribution is 2.10. The minimum atomic E-state index is -0.112. The highest BCUT2D eigenvalue weighted by Gasteiger charge is 2.18. The summed E-state index contributed by atoms with van der Waals surface area (Å²) in [6.07, 6.45) is 1.34. The number of pyridine rings is 1. The van der Waals surface area contributed by atoms with Crippen LogP contribution in [0.2, 0.25) is 0 Å². The number of rotatable bonds is 8. The van der Waals surface area contributed by atoms with Crippen molar-refractivity contribution in [2.45, 2.75) is 33.6 Å². The number of nitrogens with one attached hydrogen (secondary N) is 1. The van der Waals surface area contributed by atoms with Crippen molar-refractivity contribution < 1.29 is 4.79 Å². The fourth-order valence-electron chi connectivity index (χ4n) is 1.97. The van der Waals surface area contributed by atoms with Crippen molar-refractivity contribution in [1.82, 2.24) is 9.88 Å². The molecule has 1 rings (SSSR count). The van der Waals surface area contributed by atoms with E-state index in [1.165, 1.54) is 0 Å².